The SMILES string of the molecule is CC(=O)Cc1c(F)ccc(CC(=O)c2cc(NC(=O)[C@H]3[C@H](c4ccc(F)c(C(F)(F)F)c4)C3(Cl)Cl)ccc2Cl)c1F. The molecule has 13 heteroatoms. The number of amides is 1. The van der Waals surface area contributed by atoms with Crippen LogP contribution in [0.25, 0.3) is 0 Å². The van der Waals surface area contributed by atoms with Crippen molar-refractivity contribution in [2.75, 3.05) is 5.32 Å². The van der Waals surface area contributed by atoms with E-state index in [1.54, 1.807) is 0 Å². The molecule has 0 radical (unpaired) electrons. The molecule has 1 N–H and O–H groups in total. The molecule has 0 aliphatic heterocycles. The second-order valence-electron chi connectivity index (χ2n) is 9.53. The number of carbonyl (C=O) groups is 3. The third-order valence-corrected chi connectivity index (χ3v) is 7.84. The molecule has 1 amide bonds. The van der Waals surface area contributed by atoms with E-state index < -0.39 is 81.2 Å². The highest BCUT2D eigenvalue weighted by atomic mass is 35.5. The summed E-state index contributed by atoms with van der Waals surface area (Å²) in [6, 6.07) is 8.03. The van der Waals surface area contributed by atoms with Gasteiger partial charge in [-0.2, -0.15) is 13.2 Å². The minimum absolute atomic E-state index is 0.0428. The number of nitrogens with one attached hydrogen (secondary N) is 1. The average molecular weight is 637 g/mol. The lowest BCUT2D eigenvalue weighted by molar-refractivity contribution is -0.140. The van der Waals surface area contributed by atoms with E-state index in [2.05, 4.69) is 5.32 Å². The molecule has 4 nitrogen and oxygen atoms in total. The minimum Gasteiger partial charge on any atom is -0.326 e. The number of hydrogen-bond donors (Lipinski definition) is 1. The van der Waals surface area contributed by atoms with Gasteiger partial charge in [0.25, 0.3) is 0 Å². The smallest absolute Gasteiger partial charge is 0.326 e. The quantitative estimate of drug-likeness (QED) is 0.156. The lowest BCUT2D eigenvalue weighted by Gasteiger charge is -2.11. The molecule has 3 aromatic carbocycles. The Labute approximate surface area is 244 Å². The molecule has 3 aromatic rings. The molecule has 0 aromatic heterocycles. The number of ketones is 2. The number of rotatable bonds is 8. The van der Waals surface area contributed by atoms with E-state index in [0.29, 0.717) is 12.1 Å². The highest BCUT2D eigenvalue weighted by Gasteiger charge is 2.67. The van der Waals surface area contributed by atoms with E-state index in [9.17, 15) is 40.7 Å². The number of halogens is 9. The Hall–Kier alpha value is -3.08. The molecule has 0 spiro atoms. The maximum atomic E-state index is 14.8. The van der Waals surface area contributed by atoms with E-state index in [1.165, 1.54) is 18.2 Å². The average Bonchev–Trinajstić information content (AvgIpc) is 3.45. The van der Waals surface area contributed by atoms with Crippen LogP contribution in [0.4, 0.5) is 32.0 Å². The molecule has 1 saturated carbocycles. The third kappa shape index (κ3) is 6.39. The fourth-order valence-corrected chi connectivity index (χ4v) is 5.57. The molecular formula is C28H18Cl3F6NO3. The van der Waals surface area contributed by atoms with Crippen molar-refractivity contribution < 1.29 is 40.7 Å². The predicted octanol–water partition coefficient (Wildman–Crippen LogP) is 7.86. The molecule has 4 rings (SSSR count). The first-order valence-electron chi connectivity index (χ1n) is 11.9. The van der Waals surface area contributed by atoms with E-state index >= 15 is 0 Å². The highest BCUT2D eigenvalue weighted by molar-refractivity contribution is 6.53. The molecule has 41 heavy (non-hydrogen) atoms. The molecule has 0 saturated heterocycles. The second-order valence-corrected chi connectivity index (χ2v) is 11.4. The summed E-state index contributed by atoms with van der Waals surface area (Å²) in [6.07, 6.45) is -6.02. The van der Waals surface area contributed by atoms with Crippen molar-refractivity contribution >= 4 is 58.0 Å². The Morgan fingerprint density at radius 1 is 0.927 bits per heavy atom. The Bertz CT molecular complexity index is 1570. The topological polar surface area (TPSA) is 63.2 Å². The summed E-state index contributed by atoms with van der Waals surface area (Å²) in [5, 5.41) is 2.43. The van der Waals surface area contributed by atoms with Gasteiger partial charge in [0.1, 0.15) is 27.6 Å². The fourth-order valence-electron chi connectivity index (χ4n) is 4.52. The van der Waals surface area contributed by atoms with Gasteiger partial charge in [0.15, 0.2) is 5.78 Å². The van der Waals surface area contributed by atoms with Crippen LogP contribution in [0, 0.1) is 23.4 Å². The molecular weight excluding hydrogens is 619 g/mol. The van der Waals surface area contributed by atoms with Gasteiger partial charge >= 0.3 is 6.18 Å². The predicted molar refractivity (Wildman–Crippen MR) is 141 cm³/mol. The van der Waals surface area contributed by atoms with Crippen LogP contribution in [-0.4, -0.2) is 21.8 Å². The van der Waals surface area contributed by atoms with Crippen molar-refractivity contribution in [1.82, 2.24) is 0 Å². The van der Waals surface area contributed by atoms with Crippen molar-refractivity contribution in [1.29, 1.82) is 0 Å². The molecule has 0 heterocycles. The zero-order valence-corrected chi connectivity index (χ0v) is 23.1. The van der Waals surface area contributed by atoms with E-state index in [4.69, 9.17) is 34.8 Å². The Morgan fingerprint density at radius 2 is 1.59 bits per heavy atom. The van der Waals surface area contributed by atoms with Crippen LogP contribution in [0.3, 0.4) is 0 Å². The normalized spacial score (nSPS) is 17.7. The van der Waals surface area contributed by atoms with Gasteiger partial charge in [0.05, 0.1) is 16.5 Å². The number of benzene rings is 3. The van der Waals surface area contributed by atoms with Gasteiger partial charge in [-0.1, -0.05) is 23.7 Å². The van der Waals surface area contributed by atoms with Gasteiger partial charge in [0, 0.05) is 35.6 Å². The molecule has 1 aliphatic carbocycles. The van der Waals surface area contributed by atoms with Crippen LogP contribution in [0.2, 0.25) is 5.02 Å². The van der Waals surface area contributed by atoms with E-state index in [-0.39, 0.29) is 27.4 Å². The van der Waals surface area contributed by atoms with Crippen LogP contribution in [0.15, 0.2) is 48.5 Å². The Kier molecular flexibility index (Phi) is 8.51. The van der Waals surface area contributed by atoms with E-state index in [1.807, 2.05) is 0 Å². The molecule has 2 atom stereocenters. The lowest BCUT2D eigenvalue weighted by Crippen LogP contribution is -2.17. The van der Waals surface area contributed by atoms with Crippen molar-refractivity contribution in [3.05, 3.63) is 98.8 Å². The third-order valence-electron chi connectivity index (χ3n) is 6.57. The van der Waals surface area contributed by atoms with Crippen molar-refractivity contribution in [3.8, 4) is 0 Å². The number of alkyl halides is 5. The van der Waals surface area contributed by atoms with Gasteiger partial charge in [0.2, 0.25) is 5.91 Å². The molecule has 0 unspecified atom stereocenters. The summed E-state index contributed by atoms with van der Waals surface area (Å²) in [5.74, 6) is -7.74. The standard InChI is InChI=1S/C28H18Cl3F6NO3/c1-12(39)8-17-20(32)6-3-14(25(17)34)10-22(40)16-11-15(4-5-19(16)29)38-26(41)24-23(27(24,30)31)13-2-7-21(33)18(9-13)28(35,36)37/h2-7,9,11,23-24H,8,10H2,1H3,(H,38,41)/t23-,24+/m0/s1. The first-order chi connectivity index (χ1) is 19.0. The maximum absolute atomic E-state index is 14.8. The van der Waals surface area contributed by atoms with Crippen LogP contribution < -0.4 is 5.32 Å². The molecule has 216 valence electrons. The summed E-state index contributed by atoms with van der Waals surface area (Å²) >= 11 is 18.6. The van der Waals surface area contributed by atoms with Gasteiger partial charge in [-0.05, 0) is 54.4 Å². The van der Waals surface area contributed by atoms with Crippen LogP contribution in [-0.2, 0) is 28.6 Å². The van der Waals surface area contributed by atoms with Gasteiger partial charge in [-0.3, -0.25) is 14.4 Å². The molecule has 1 fully saturated rings. The van der Waals surface area contributed by atoms with Gasteiger partial charge < -0.3 is 5.32 Å². The number of carbonyl (C=O) groups excluding carboxylic acids is 3. The van der Waals surface area contributed by atoms with Gasteiger partial charge in [-0.25, -0.2) is 13.2 Å². The summed E-state index contributed by atoms with van der Waals surface area (Å²) in [6.45, 7) is 1.16. The van der Waals surface area contributed by atoms with E-state index in [0.717, 1.165) is 25.1 Å². The van der Waals surface area contributed by atoms with Crippen LogP contribution in [0.5, 0.6) is 0 Å². The first-order valence-corrected chi connectivity index (χ1v) is 13.0. The molecule has 0 bridgehead atoms. The largest absolute Gasteiger partial charge is 0.419 e. The summed E-state index contributed by atoms with van der Waals surface area (Å²) in [5.41, 5.74) is -2.35. The number of Topliss-reactive ketones (excluding diaryl/α,β-unsaturated/α-hetero) is 2. The Balaban J connectivity index is 1.53. The maximum Gasteiger partial charge on any atom is 0.419 e. The highest BCUT2D eigenvalue weighted by Crippen LogP contribution is 2.65. The minimum atomic E-state index is -4.98. The van der Waals surface area contributed by atoms with Crippen LogP contribution in [0.1, 0.15) is 45.5 Å². The van der Waals surface area contributed by atoms with Crippen molar-refractivity contribution in [3.63, 3.8) is 0 Å². The summed E-state index contributed by atoms with van der Waals surface area (Å²) in [7, 11) is 0. The zero-order valence-electron chi connectivity index (χ0n) is 20.8. The molecule has 1 aliphatic rings. The number of anilines is 1. The summed E-state index contributed by atoms with van der Waals surface area (Å²) < 4.78 is 80.2. The second kappa shape index (κ2) is 11.3. The monoisotopic (exact) mass is 635 g/mol. The fraction of sp³-hybridized carbons (Fsp3) is 0.250. The first kappa shape index (κ1) is 30.9. The summed E-state index contributed by atoms with van der Waals surface area (Å²) in [4.78, 5) is 37.3. The van der Waals surface area contributed by atoms with Crippen LogP contribution >= 0.6 is 34.8 Å². The van der Waals surface area contributed by atoms with Gasteiger partial charge in [-0.15, -0.1) is 23.2 Å². The van der Waals surface area contributed by atoms with Crippen molar-refractivity contribution in [2.24, 2.45) is 5.92 Å². The number of hydrogen-bond acceptors (Lipinski definition) is 3. The Morgan fingerprint density at radius 3 is 2.22 bits per heavy atom. The van der Waals surface area contributed by atoms with Crippen molar-refractivity contribution in [2.45, 2.75) is 36.2 Å². The zero-order chi connectivity index (χ0) is 30.4. The lowest BCUT2D eigenvalue weighted by atomic mass is 9.98.